The number of nitrogens with zero attached hydrogens (tertiary/aromatic N) is 2. The molecule has 0 atom stereocenters. The van der Waals surface area contributed by atoms with E-state index in [9.17, 15) is 15.2 Å². The molecule has 0 bridgehead atoms. The van der Waals surface area contributed by atoms with Gasteiger partial charge in [0, 0.05) is 23.2 Å². The number of pyridine rings is 1. The van der Waals surface area contributed by atoms with Gasteiger partial charge in [0.1, 0.15) is 5.69 Å². The number of hydrogen-bond donors (Lipinski definition) is 1. The molecule has 1 aromatic rings. The molecule has 0 aliphatic rings. The molecule has 1 rings (SSSR count). The molecule has 0 aromatic carbocycles. The largest absolute Gasteiger partial charge is 0.390 e. The highest BCUT2D eigenvalue weighted by Gasteiger charge is 2.22. The van der Waals surface area contributed by atoms with Gasteiger partial charge in [-0.05, 0) is 29.8 Å². The van der Waals surface area contributed by atoms with E-state index in [1.807, 2.05) is 0 Å². The van der Waals surface area contributed by atoms with E-state index in [1.165, 1.54) is 12.3 Å². The standard InChI is InChI=1S/C9H11BrN2O3/c1-9(2,13)4-7-8(12(14)15)3-6(10)5-11-7/h3,5,13H,4H2,1-2H3. The molecule has 0 aliphatic heterocycles. The molecule has 0 saturated heterocycles. The Morgan fingerprint density at radius 2 is 2.27 bits per heavy atom. The first-order valence-corrected chi connectivity index (χ1v) is 5.10. The molecule has 0 spiro atoms. The highest BCUT2D eigenvalue weighted by molar-refractivity contribution is 9.10. The van der Waals surface area contributed by atoms with Crippen LogP contribution in [0.15, 0.2) is 16.7 Å². The van der Waals surface area contributed by atoms with E-state index in [1.54, 1.807) is 13.8 Å². The first-order valence-electron chi connectivity index (χ1n) is 4.31. The Bertz CT molecular complexity index is 387. The highest BCUT2D eigenvalue weighted by Crippen LogP contribution is 2.24. The van der Waals surface area contributed by atoms with Crippen molar-refractivity contribution in [3.8, 4) is 0 Å². The minimum atomic E-state index is -1.01. The van der Waals surface area contributed by atoms with E-state index in [4.69, 9.17) is 0 Å². The summed E-state index contributed by atoms with van der Waals surface area (Å²) < 4.78 is 0.550. The molecule has 5 nitrogen and oxygen atoms in total. The molecule has 6 heteroatoms. The SMILES string of the molecule is CC(C)(O)Cc1ncc(Br)cc1[N+](=O)[O-]. The summed E-state index contributed by atoms with van der Waals surface area (Å²) >= 11 is 3.11. The Kier molecular flexibility index (Phi) is 3.41. The van der Waals surface area contributed by atoms with Gasteiger partial charge in [0.15, 0.2) is 0 Å². The molecule has 15 heavy (non-hydrogen) atoms. The Hall–Kier alpha value is -1.01. The van der Waals surface area contributed by atoms with Gasteiger partial charge < -0.3 is 5.11 Å². The molecule has 82 valence electrons. The van der Waals surface area contributed by atoms with Crippen molar-refractivity contribution >= 4 is 21.6 Å². The van der Waals surface area contributed by atoms with Gasteiger partial charge in [-0.1, -0.05) is 0 Å². The zero-order valence-electron chi connectivity index (χ0n) is 8.40. The molecule has 1 heterocycles. The van der Waals surface area contributed by atoms with E-state index in [-0.39, 0.29) is 17.8 Å². The number of hydrogen-bond acceptors (Lipinski definition) is 4. The molecule has 1 aromatic heterocycles. The fraction of sp³-hybridized carbons (Fsp3) is 0.444. The quantitative estimate of drug-likeness (QED) is 0.676. The summed E-state index contributed by atoms with van der Waals surface area (Å²) in [6, 6.07) is 1.38. The van der Waals surface area contributed by atoms with Gasteiger partial charge in [0.05, 0.1) is 10.5 Å². The molecular formula is C9H11BrN2O3. The predicted molar refractivity (Wildman–Crippen MR) is 58.6 cm³/mol. The fourth-order valence-electron chi connectivity index (χ4n) is 1.16. The summed E-state index contributed by atoms with van der Waals surface area (Å²) in [5, 5.41) is 20.3. The Morgan fingerprint density at radius 3 is 2.73 bits per heavy atom. The minimum absolute atomic E-state index is 0.0773. The van der Waals surface area contributed by atoms with E-state index in [0.29, 0.717) is 4.47 Å². The molecule has 0 fully saturated rings. The zero-order chi connectivity index (χ0) is 11.6. The van der Waals surface area contributed by atoms with Crippen LogP contribution in [0, 0.1) is 10.1 Å². The second-order valence-electron chi connectivity index (χ2n) is 3.87. The van der Waals surface area contributed by atoms with Crippen molar-refractivity contribution in [3.05, 3.63) is 32.5 Å². The first-order chi connectivity index (χ1) is 6.79. The predicted octanol–water partition coefficient (Wildman–Crippen LogP) is 2.07. The van der Waals surface area contributed by atoms with Crippen LogP contribution in [0.4, 0.5) is 5.69 Å². The number of aliphatic hydroxyl groups is 1. The van der Waals surface area contributed by atoms with Crippen molar-refractivity contribution in [1.29, 1.82) is 0 Å². The second kappa shape index (κ2) is 4.24. The Morgan fingerprint density at radius 1 is 1.67 bits per heavy atom. The lowest BCUT2D eigenvalue weighted by atomic mass is 10.0. The molecule has 0 aliphatic carbocycles. The second-order valence-corrected chi connectivity index (χ2v) is 4.78. The Balaban J connectivity index is 3.12. The van der Waals surface area contributed by atoms with Crippen LogP contribution in [0.1, 0.15) is 19.5 Å². The average molecular weight is 275 g/mol. The van der Waals surface area contributed by atoms with Crippen LogP contribution >= 0.6 is 15.9 Å². The van der Waals surface area contributed by atoms with E-state index in [2.05, 4.69) is 20.9 Å². The summed E-state index contributed by atoms with van der Waals surface area (Å²) in [7, 11) is 0. The van der Waals surface area contributed by atoms with Gasteiger partial charge in [0.2, 0.25) is 0 Å². The van der Waals surface area contributed by atoms with Crippen LogP contribution in [0.25, 0.3) is 0 Å². The maximum atomic E-state index is 10.7. The van der Waals surface area contributed by atoms with E-state index >= 15 is 0 Å². The van der Waals surface area contributed by atoms with Crippen LogP contribution in [0.2, 0.25) is 0 Å². The lowest BCUT2D eigenvalue weighted by molar-refractivity contribution is -0.386. The molecule has 0 radical (unpaired) electrons. The normalized spacial score (nSPS) is 11.5. The number of rotatable bonds is 3. The smallest absolute Gasteiger partial charge is 0.291 e. The van der Waals surface area contributed by atoms with Gasteiger partial charge in [-0.3, -0.25) is 15.1 Å². The van der Waals surface area contributed by atoms with Crippen molar-refractivity contribution in [3.63, 3.8) is 0 Å². The van der Waals surface area contributed by atoms with Crippen molar-refractivity contribution in [2.45, 2.75) is 25.9 Å². The van der Waals surface area contributed by atoms with Crippen LogP contribution in [-0.4, -0.2) is 20.6 Å². The number of nitro groups is 1. The maximum Gasteiger partial charge on any atom is 0.291 e. The van der Waals surface area contributed by atoms with Gasteiger partial charge in [-0.2, -0.15) is 0 Å². The number of halogens is 1. The van der Waals surface area contributed by atoms with Gasteiger partial charge in [-0.15, -0.1) is 0 Å². The van der Waals surface area contributed by atoms with E-state index < -0.39 is 10.5 Å². The van der Waals surface area contributed by atoms with Gasteiger partial charge in [-0.25, -0.2) is 0 Å². The van der Waals surface area contributed by atoms with E-state index in [0.717, 1.165) is 0 Å². The average Bonchev–Trinajstić information content (AvgIpc) is 2.05. The lowest BCUT2D eigenvalue weighted by Gasteiger charge is -2.15. The summed E-state index contributed by atoms with van der Waals surface area (Å²) in [5.74, 6) is 0. The van der Waals surface area contributed by atoms with Crippen LogP contribution in [0.5, 0.6) is 0 Å². The summed E-state index contributed by atoms with van der Waals surface area (Å²) in [5.41, 5.74) is -0.798. The summed E-state index contributed by atoms with van der Waals surface area (Å²) in [6.45, 7) is 3.17. The van der Waals surface area contributed by atoms with Crippen molar-refractivity contribution < 1.29 is 10.0 Å². The van der Waals surface area contributed by atoms with Crippen molar-refractivity contribution in [1.82, 2.24) is 4.98 Å². The molecule has 1 N–H and O–H groups in total. The van der Waals surface area contributed by atoms with Crippen LogP contribution in [0.3, 0.4) is 0 Å². The van der Waals surface area contributed by atoms with Crippen LogP contribution < -0.4 is 0 Å². The third kappa shape index (κ3) is 3.56. The molecule has 0 unspecified atom stereocenters. The minimum Gasteiger partial charge on any atom is -0.390 e. The maximum absolute atomic E-state index is 10.7. The summed E-state index contributed by atoms with van der Waals surface area (Å²) in [4.78, 5) is 14.2. The van der Waals surface area contributed by atoms with Gasteiger partial charge in [0.25, 0.3) is 5.69 Å². The molecule has 0 amide bonds. The topological polar surface area (TPSA) is 76.3 Å². The van der Waals surface area contributed by atoms with Crippen LogP contribution in [-0.2, 0) is 6.42 Å². The van der Waals surface area contributed by atoms with Gasteiger partial charge >= 0.3 is 0 Å². The zero-order valence-corrected chi connectivity index (χ0v) is 9.98. The molecule has 0 saturated carbocycles. The third-order valence-electron chi connectivity index (χ3n) is 1.71. The monoisotopic (exact) mass is 274 g/mol. The van der Waals surface area contributed by atoms with Crippen molar-refractivity contribution in [2.24, 2.45) is 0 Å². The summed E-state index contributed by atoms with van der Waals surface area (Å²) in [6.07, 6.45) is 1.63. The lowest BCUT2D eigenvalue weighted by Crippen LogP contribution is -2.23. The molecular weight excluding hydrogens is 264 g/mol. The third-order valence-corrected chi connectivity index (χ3v) is 2.14. The van der Waals surface area contributed by atoms with Crippen molar-refractivity contribution in [2.75, 3.05) is 0 Å². The first kappa shape index (κ1) is 12.1. The highest BCUT2D eigenvalue weighted by atomic mass is 79.9. The number of aromatic nitrogens is 1. The Labute approximate surface area is 95.4 Å². The fourth-order valence-corrected chi connectivity index (χ4v) is 1.48.